The topological polar surface area (TPSA) is 29.3 Å². The van der Waals surface area contributed by atoms with Crippen molar-refractivity contribution in [1.29, 1.82) is 0 Å². The van der Waals surface area contributed by atoms with Crippen LogP contribution in [0.3, 0.4) is 0 Å². The molecule has 0 aromatic carbocycles. The molecule has 2 saturated heterocycles. The Labute approximate surface area is 68.7 Å². The van der Waals surface area contributed by atoms with Crippen LogP contribution in [0.2, 0.25) is 0 Å². The van der Waals surface area contributed by atoms with Crippen LogP contribution < -0.4 is 5.73 Å². The van der Waals surface area contributed by atoms with Crippen molar-refractivity contribution in [2.75, 3.05) is 26.2 Å². The molecular formula is C9H18N2. The Morgan fingerprint density at radius 1 is 1.27 bits per heavy atom. The average Bonchev–Trinajstić information content (AvgIpc) is 2.06. The molecule has 2 aliphatic rings. The molecule has 0 aromatic rings. The number of hydrogen-bond donors (Lipinski definition) is 1. The van der Waals surface area contributed by atoms with E-state index in [1.54, 1.807) is 0 Å². The highest BCUT2D eigenvalue weighted by Crippen LogP contribution is 2.30. The van der Waals surface area contributed by atoms with Crippen molar-refractivity contribution >= 4 is 0 Å². The lowest BCUT2D eigenvalue weighted by Crippen LogP contribution is -2.46. The maximum Gasteiger partial charge on any atom is 0.00128 e. The molecule has 0 radical (unpaired) electrons. The third-order valence-corrected chi connectivity index (χ3v) is 3.33. The van der Waals surface area contributed by atoms with E-state index in [2.05, 4.69) is 4.90 Å². The van der Waals surface area contributed by atoms with Gasteiger partial charge in [0.2, 0.25) is 0 Å². The maximum absolute atomic E-state index is 5.72. The molecule has 2 aliphatic heterocycles. The minimum Gasteiger partial charge on any atom is -0.330 e. The van der Waals surface area contributed by atoms with Crippen LogP contribution in [0.1, 0.15) is 19.3 Å². The smallest absolute Gasteiger partial charge is 0.00128 e. The highest BCUT2D eigenvalue weighted by atomic mass is 15.1. The lowest BCUT2D eigenvalue weighted by Gasteiger charge is -2.42. The minimum atomic E-state index is 0.839. The van der Waals surface area contributed by atoms with Gasteiger partial charge in [-0.05, 0) is 50.7 Å². The summed E-state index contributed by atoms with van der Waals surface area (Å²) in [5.41, 5.74) is 5.72. The van der Waals surface area contributed by atoms with E-state index in [0.29, 0.717) is 0 Å². The first-order valence-corrected chi connectivity index (χ1v) is 4.82. The summed E-state index contributed by atoms with van der Waals surface area (Å²) in [6.45, 7) is 4.90. The average molecular weight is 154 g/mol. The molecule has 11 heavy (non-hydrogen) atoms. The van der Waals surface area contributed by atoms with E-state index >= 15 is 0 Å². The van der Waals surface area contributed by atoms with Crippen molar-refractivity contribution in [2.24, 2.45) is 17.6 Å². The van der Waals surface area contributed by atoms with Gasteiger partial charge in [-0.15, -0.1) is 0 Å². The zero-order valence-corrected chi connectivity index (χ0v) is 7.13. The molecular weight excluding hydrogens is 136 g/mol. The summed E-state index contributed by atoms with van der Waals surface area (Å²) in [6, 6.07) is 0. The SMILES string of the molecule is NCC1CCN2CCCC1C2. The Bertz CT molecular complexity index is 136. The summed E-state index contributed by atoms with van der Waals surface area (Å²) in [5.74, 6) is 1.77. The number of piperidine rings is 2. The fourth-order valence-corrected chi connectivity index (χ4v) is 2.57. The van der Waals surface area contributed by atoms with Gasteiger partial charge >= 0.3 is 0 Å². The van der Waals surface area contributed by atoms with E-state index in [1.807, 2.05) is 0 Å². The Hall–Kier alpha value is -0.0800. The molecule has 0 spiro atoms. The van der Waals surface area contributed by atoms with Crippen molar-refractivity contribution in [3.63, 3.8) is 0 Å². The maximum atomic E-state index is 5.72. The molecule has 3 atom stereocenters. The molecule has 64 valence electrons. The monoisotopic (exact) mass is 154 g/mol. The van der Waals surface area contributed by atoms with Crippen molar-refractivity contribution in [1.82, 2.24) is 4.90 Å². The normalized spacial score (nSPS) is 43.9. The van der Waals surface area contributed by atoms with Gasteiger partial charge in [0, 0.05) is 6.54 Å². The van der Waals surface area contributed by atoms with Crippen molar-refractivity contribution in [3.8, 4) is 0 Å². The van der Waals surface area contributed by atoms with Gasteiger partial charge in [0.05, 0.1) is 0 Å². The predicted octanol–water partition coefficient (Wildman–Crippen LogP) is 0.677. The van der Waals surface area contributed by atoms with E-state index in [4.69, 9.17) is 5.73 Å². The summed E-state index contributed by atoms with van der Waals surface area (Å²) < 4.78 is 0. The van der Waals surface area contributed by atoms with Crippen LogP contribution >= 0.6 is 0 Å². The summed E-state index contributed by atoms with van der Waals surface area (Å²) in [4.78, 5) is 2.60. The third kappa shape index (κ3) is 1.42. The molecule has 0 saturated carbocycles. The zero-order chi connectivity index (χ0) is 7.68. The molecule has 2 heterocycles. The predicted molar refractivity (Wildman–Crippen MR) is 46.3 cm³/mol. The molecule has 2 rings (SSSR count). The molecule has 2 nitrogen and oxygen atoms in total. The molecule has 0 aliphatic carbocycles. The van der Waals surface area contributed by atoms with Crippen LogP contribution in [0.5, 0.6) is 0 Å². The van der Waals surface area contributed by atoms with Gasteiger partial charge < -0.3 is 10.6 Å². The summed E-state index contributed by atoms with van der Waals surface area (Å²) >= 11 is 0. The van der Waals surface area contributed by atoms with E-state index in [0.717, 1.165) is 18.4 Å². The van der Waals surface area contributed by atoms with Gasteiger partial charge in [-0.25, -0.2) is 0 Å². The fourth-order valence-electron chi connectivity index (χ4n) is 2.57. The molecule has 2 N–H and O–H groups in total. The molecule has 3 unspecified atom stereocenters. The first-order chi connectivity index (χ1) is 5.40. The minimum absolute atomic E-state index is 0.839. The van der Waals surface area contributed by atoms with Gasteiger partial charge in [0.15, 0.2) is 0 Å². The lowest BCUT2D eigenvalue weighted by atomic mass is 9.80. The first-order valence-electron chi connectivity index (χ1n) is 4.82. The number of rotatable bonds is 1. The van der Waals surface area contributed by atoms with E-state index in [-0.39, 0.29) is 0 Å². The molecule has 0 aromatic heterocycles. The molecule has 0 amide bonds. The second-order valence-corrected chi connectivity index (χ2v) is 3.99. The second-order valence-electron chi connectivity index (χ2n) is 3.99. The van der Waals surface area contributed by atoms with Crippen molar-refractivity contribution < 1.29 is 0 Å². The van der Waals surface area contributed by atoms with E-state index in [1.165, 1.54) is 38.9 Å². The summed E-state index contributed by atoms with van der Waals surface area (Å²) in [7, 11) is 0. The Morgan fingerprint density at radius 2 is 2.18 bits per heavy atom. The van der Waals surface area contributed by atoms with E-state index in [9.17, 15) is 0 Å². The summed E-state index contributed by atoms with van der Waals surface area (Å²) in [6.07, 6.45) is 4.18. The van der Waals surface area contributed by atoms with E-state index < -0.39 is 0 Å². The Kier molecular flexibility index (Phi) is 2.14. The number of nitrogens with two attached hydrogens (primary N) is 1. The second kappa shape index (κ2) is 3.11. The van der Waals surface area contributed by atoms with Crippen LogP contribution in [0.25, 0.3) is 0 Å². The Morgan fingerprint density at radius 3 is 3.00 bits per heavy atom. The Balaban J connectivity index is 1.97. The highest BCUT2D eigenvalue weighted by Gasteiger charge is 2.30. The molecule has 2 fully saturated rings. The van der Waals surface area contributed by atoms with Crippen LogP contribution in [-0.4, -0.2) is 31.1 Å². The lowest BCUT2D eigenvalue weighted by molar-refractivity contribution is 0.0777. The zero-order valence-electron chi connectivity index (χ0n) is 7.13. The third-order valence-electron chi connectivity index (χ3n) is 3.33. The molecule has 2 bridgehead atoms. The van der Waals surface area contributed by atoms with Gasteiger partial charge in [0.25, 0.3) is 0 Å². The standard InChI is InChI=1S/C9H18N2/c10-6-8-3-5-11-4-1-2-9(8)7-11/h8-9H,1-7,10H2. The molecule has 2 heteroatoms. The highest BCUT2D eigenvalue weighted by molar-refractivity contribution is 4.84. The van der Waals surface area contributed by atoms with Crippen LogP contribution in [-0.2, 0) is 0 Å². The van der Waals surface area contributed by atoms with Crippen LogP contribution in [0, 0.1) is 11.8 Å². The van der Waals surface area contributed by atoms with Gasteiger partial charge in [-0.1, -0.05) is 0 Å². The first kappa shape index (κ1) is 7.56. The largest absolute Gasteiger partial charge is 0.330 e. The van der Waals surface area contributed by atoms with Crippen molar-refractivity contribution in [3.05, 3.63) is 0 Å². The fraction of sp³-hybridized carbons (Fsp3) is 1.00. The number of fused-ring (bicyclic) bond motifs is 2. The summed E-state index contributed by atoms with van der Waals surface area (Å²) in [5, 5.41) is 0. The quantitative estimate of drug-likeness (QED) is 0.601. The van der Waals surface area contributed by atoms with Crippen LogP contribution in [0.4, 0.5) is 0 Å². The van der Waals surface area contributed by atoms with Gasteiger partial charge in [-0.2, -0.15) is 0 Å². The van der Waals surface area contributed by atoms with Gasteiger partial charge in [0.1, 0.15) is 0 Å². The van der Waals surface area contributed by atoms with Crippen molar-refractivity contribution in [2.45, 2.75) is 19.3 Å². The van der Waals surface area contributed by atoms with Crippen LogP contribution in [0.15, 0.2) is 0 Å². The van der Waals surface area contributed by atoms with Gasteiger partial charge in [-0.3, -0.25) is 0 Å². The number of nitrogens with zero attached hydrogens (tertiary/aromatic N) is 1. The number of hydrogen-bond acceptors (Lipinski definition) is 2.